The van der Waals surface area contributed by atoms with Gasteiger partial charge in [0.1, 0.15) is 5.82 Å². The van der Waals surface area contributed by atoms with E-state index < -0.39 is 23.7 Å². The minimum atomic E-state index is -0.992. The van der Waals surface area contributed by atoms with Crippen molar-refractivity contribution in [3.05, 3.63) is 77.6 Å². The molecule has 1 heterocycles. The second-order valence-corrected chi connectivity index (χ2v) is 10.3. The zero-order chi connectivity index (χ0) is 27.6. The number of hydrogen-bond acceptors (Lipinski definition) is 3. The fourth-order valence-electron chi connectivity index (χ4n) is 4.90. The molecule has 6 heteroatoms. The summed E-state index contributed by atoms with van der Waals surface area (Å²) in [6, 6.07) is 14.7. The number of unbranched alkanes of at least 4 members (excludes halogenated alkanes) is 5. The highest BCUT2D eigenvalue weighted by Gasteiger charge is 2.24. The van der Waals surface area contributed by atoms with Crippen LogP contribution in [0.1, 0.15) is 77.1 Å². The molecule has 0 N–H and O–H groups in total. The summed E-state index contributed by atoms with van der Waals surface area (Å²) in [5.74, 6) is -2.04. The molecule has 0 aromatic heterocycles. The molecule has 210 valence electrons. The lowest BCUT2D eigenvalue weighted by molar-refractivity contribution is -0.206. The Morgan fingerprint density at radius 1 is 0.718 bits per heavy atom. The van der Waals surface area contributed by atoms with Crippen molar-refractivity contribution in [2.45, 2.75) is 71.5 Å². The van der Waals surface area contributed by atoms with Gasteiger partial charge in [0.05, 0.1) is 19.8 Å². The lowest BCUT2D eigenvalue weighted by atomic mass is 9.98. The predicted molar refractivity (Wildman–Crippen MR) is 149 cm³/mol. The SMILES string of the molecule is CCCCCCOc1ccc(-c2ccc(-c3ccc(C4OCC(CCCCC)CO4)cc3F)cc2)c(F)c1F. The van der Waals surface area contributed by atoms with Crippen LogP contribution < -0.4 is 4.74 Å². The highest BCUT2D eigenvalue weighted by Crippen LogP contribution is 2.34. The Kier molecular flexibility index (Phi) is 10.9. The molecule has 0 saturated carbocycles. The van der Waals surface area contributed by atoms with Gasteiger partial charge in [-0.3, -0.25) is 0 Å². The maximum Gasteiger partial charge on any atom is 0.201 e. The number of hydrogen-bond donors (Lipinski definition) is 0. The summed E-state index contributed by atoms with van der Waals surface area (Å²) in [5, 5.41) is 0. The van der Waals surface area contributed by atoms with Crippen molar-refractivity contribution in [2.75, 3.05) is 19.8 Å². The monoisotopic (exact) mass is 540 g/mol. The average molecular weight is 541 g/mol. The molecular weight excluding hydrogens is 501 g/mol. The molecule has 0 aliphatic carbocycles. The van der Waals surface area contributed by atoms with E-state index >= 15 is 4.39 Å². The molecule has 3 nitrogen and oxygen atoms in total. The zero-order valence-electron chi connectivity index (χ0n) is 23.0. The van der Waals surface area contributed by atoms with Crippen LogP contribution in [0.3, 0.4) is 0 Å². The third kappa shape index (κ3) is 7.64. The Balaban J connectivity index is 1.39. The fraction of sp³-hybridized carbons (Fsp3) is 0.455. The summed E-state index contributed by atoms with van der Waals surface area (Å²) >= 11 is 0. The van der Waals surface area contributed by atoms with Crippen molar-refractivity contribution >= 4 is 0 Å². The van der Waals surface area contributed by atoms with Crippen molar-refractivity contribution in [3.63, 3.8) is 0 Å². The van der Waals surface area contributed by atoms with Crippen LogP contribution >= 0.6 is 0 Å². The standard InChI is InChI=1S/C33H39F3O3/c1-3-5-7-9-19-37-30-18-17-28(31(35)32(30)36)25-13-11-24(12-14-25)27-16-15-26(20-29(27)34)33-38-21-23(22-39-33)10-8-6-4-2/h11-18,20,23,33H,3-10,19,21-22H2,1-2H3. The van der Waals surface area contributed by atoms with Crippen molar-refractivity contribution in [3.8, 4) is 28.0 Å². The molecule has 0 bridgehead atoms. The maximum absolute atomic E-state index is 15.1. The molecule has 1 aliphatic heterocycles. The van der Waals surface area contributed by atoms with E-state index in [1.807, 2.05) is 6.07 Å². The highest BCUT2D eigenvalue weighted by molar-refractivity contribution is 5.71. The van der Waals surface area contributed by atoms with E-state index in [9.17, 15) is 8.78 Å². The van der Waals surface area contributed by atoms with Gasteiger partial charge in [-0.1, -0.05) is 88.8 Å². The van der Waals surface area contributed by atoms with Crippen LogP contribution in [0, 0.1) is 23.4 Å². The molecule has 1 aliphatic rings. The van der Waals surface area contributed by atoms with Gasteiger partial charge in [0, 0.05) is 22.6 Å². The normalized spacial score (nSPS) is 17.4. The summed E-state index contributed by atoms with van der Waals surface area (Å²) in [5.41, 5.74) is 2.33. The fourth-order valence-corrected chi connectivity index (χ4v) is 4.90. The summed E-state index contributed by atoms with van der Waals surface area (Å²) in [6.07, 6.45) is 8.05. The van der Waals surface area contributed by atoms with Gasteiger partial charge in [0.2, 0.25) is 5.82 Å². The van der Waals surface area contributed by atoms with Crippen molar-refractivity contribution in [1.82, 2.24) is 0 Å². The minimum Gasteiger partial charge on any atom is -0.490 e. The first kappa shape index (κ1) is 29.2. The zero-order valence-corrected chi connectivity index (χ0v) is 23.0. The topological polar surface area (TPSA) is 27.7 Å². The van der Waals surface area contributed by atoms with E-state index in [0.717, 1.165) is 32.1 Å². The van der Waals surface area contributed by atoms with Gasteiger partial charge in [0.15, 0.2) is 17.9 Å². The van der Waals surface area contributed by atoms with Gasteiger partial charge in [0.25, 0.3) is 0 Å². The van der Waals surface area contributed by atoms with Gasteiger partial charge in [-0.2, -0.15) is 4.39 Å². The molecule has 3 aromatic rings. The van der Waals surface area contributed by atoms with E-state index in [2.05, 4.69) is 13.8 Å². The van der Waals surface area contributed by atoms with E-state index in [1.54, 1.807) is 30.3 Å². The summed E-state index contributed by atoms with van der Waals surface area (Å²) < 4.78 is 61.8. The number of benzene rings is 3. The Labute approximate surface area is 230 Å². The molecule has 1 saturated heterocycles. The molecule has 0 atom stereocenters. The van der Waals surface area contributed by atoms with Crippen LogP contribution in [0.25, 0.3) is 22.3 Å². The molecule has 0 unspecified atom stereocenters. The molecule has 4 rings (SSSR count). The van der Waals surface area contributed by atoms with Crippen molar-refractivity contribution in [1.29, 1.82) is 0 Å². The molecule has 0 amide bonds. The van der Waals surface area contributed by atoms with Gasteiger partial charge in [-0.05, 0) is 42.2 Å². The van der Waals surface area contributed by atoms with Crippen molar-refractivity contribution in [2.24, 2.45) is 5.92 Å². The first-order chi connectivity index (χ1) is 19.0. The Bertz CT molecular complexity index is 1190. The van der Waals surface area contributed by atoms with Crippen LogP contribution in [0.4, 0.5) is 13.2 Å². The lowest BCUT2D eigenvalue weighted by Gasteiger charge is -2.29. The second-order valence-electron chi connectivity index (χ2n) is 10.3. The van der Waals surface area contributed by atoms with Gasteiger partial charge in [-0.25, -0.2) is 8.78 Å². The highest BCUT2D eigenvalue weighted by atomic mass is 19.2. The van der Waals surface area contributed by atoms with E-state index in [0.29, 0.717) is 48.0 Å². The van der Waals surface area contributed by atoms with E-state index in [4.69, 9.17) is 14.2 Å². The quantitative estimate of drug-likeness (QED) is 0.202. The van der Waals surface area contributed by atoms with Crippen LogP contribution in [-0.2, 0) is 9.47 Å². The molecule has 39 heavy (non-hydrogen) atoms. The largest absolute Gasteiger partial charge is 0.490 e. The second kappa shape index (κ2) is 14.5. The molecule has 0 radical (unpaired) electrons. The maximum atomic E-state index is 15.1. The van der Waals surface area contributed by atoms with Crippen LogP contribution in [0.15, 0.2) is 54.6 Å². The number of ether oxygens (including phenoxy) is 3. The molecule has 3 aromatic carbocycles. The first-order valence-corrected chi connectivity index (χ1v) is 14.3. The molecule has 1 fully saturated rings. The lowest BCUT2D eigenvalue weighted by Crippen LogP contribution is -2.27. The van der Waals surface area contributed by atoms with Gasteiger partial charge >= 0.3 is 0 Å². The Morgan fingerprint density at radius 2 is 1.36 bits per heavy atom. The van der Waals surface area contributed by atoms with Crippen LogP contribution in [0.2, 0.25) is 0 Å². The van der Waals surface area contributed by atoms with Crippen molar-refractivity contribution < 1.29 is 27.4 Å². The van der Waals surface area contributed by atoms with Gasteiger partial charge in [-0.15, -0.1) is 0 Å². The Hall–Kier alpha value is -2.83. The number of rotatable bonds is 13. The average Bonchev–Trinajstić information content (AvgIpc) is 2.96. The van der Waals surface area contributed by atoms with E-state index in [1.165, 1.54) is 37.5 Å². The summed E-state index contributed by atoms with van der Waals surface area (Å²) in [7, 11) is 0. The summed E-state index contributed by atoms with van der Waals surface area (Å²) in [6.45, 7) is 5.88. The number of halogens is 3. The molecule has 0 spiro atoms. The molecular formula is C33H39F3O3. The van der Waals surface area contributed by atoms with Crippen LogP contribution in [0.5, 0.6) is 5.75 Å². The van der Waals surface area contributed by atoms with Gasteiger partial charge < -0.3 is 14.2 Å². The summed E-state index contributed by atoms with van der Waals surface area (Å²) in [4.78, 5) is 0. The third-order valence-electron chi connectivity index (χ3n) is 7.26. The predicted octanol–water partition coefficient (Wildman–Crippen LogP) is 9.64. The Morgan fingerprint density at radius 3 is 2.03 bits per heavy atom. The first-order valence-electron chi connectivity index (χ1n) is 14.3. The smallest absolute Gasteiger partial charge is 0.201 e. The third-order valence-corrected chi connectivity index (χ3v) is 7.26. The minimum absolute atomic E-state index is 0.0792. The van der Waals surface area contributed by atoms with E-state index in [-0.39, 0.29) is 11.3 Å². The van der Waals surface area contributed by atoms with Crippen LogP contribution in [-0.4, -0.2) is 19.8 Å².